The molecule has 6 rings (SSSR count). The van der Waals surface area contributed by atoms with Crippen LogP contribution >= 0.6 is 15.9 Å². The topological polar surface area (TPSA) is 156 Å². The van der Waals surface area contributed by atoms with Gasteiger partial charge in [-0.2, -0.15) is 0 Å². The minimum Gasteiger partial charge on any atom is -0.358 e. The Hall–Kier alpha value is -3.36. The maximum atomic E-state index is 12.5. The van der Waals surface area contributed by atoms with E-state index in [-0.39, 0.29) is 23.6 Å². The molecule has 0 aliphatic carbocycles. The lowest BCUT2D eigenvalue weighted by molar-refractivity contribution is -0.389. The fourth-order valence-corrected chi connectivity index (χ4v) is 5.92. The monoisotopic (exact) mass is 631 g/mol. The summed E-state index contributed by atoms with van der Waals surface area (Å²) < 4.78 is 0.734. The quantitative estimate of drug-likeness (QED) is 0.356. The average molecular weight is 633 g/mol. The zero-order chi connectivity index (χ0) is 29.4. The van der Waals surface area contributed by atoms with E-state index in [0.717, 1.165) is 69.2 Å². The van der Waals surface area contributed by atoms with Crippen molar-refractivity contribution >= 4 is 44.9 Å². The molecule has 13 nitrogen and oxygen atoms in total. The lowest BCUT2D eigenvalue weighted by Gasteiger charge is -2.42. The summed E-state index contributed by atoms with van der Waals surface area (Å²) in [6.45, 7) is 4.79. The molecule has 4 aliphatic rings. The fraction of sp³-hybridized carbons (Fsp3) is 0.556. The van der Waals surface area contributed by atoms with E-state index in [1.807, 2.05) is 0 Å². The molecule has 4 aliphatic heterocycles. The molecular formula is C27H34BrN7O6. The number of ketones is 1. The summed E-state index contributed by atoms with van der Waals surface area (Å²) in [5, 5.41) is 20.6. The van der Waals surface area contributed by atoms with Crippen LogP contribution in [0.4, 0.5) is 17.3 Å². The highest BCUT2D eigenvalue weighted by Gasteiger charge is 2.37. The maximum absolute atomic E-state index is 12.5. The first-order valence-corrected chi connectivity index (χ1v) is 14.7. The molecule has 41 heavy (non-hydrogen) atoms. The standard InChI is InChI=1S/C13H16N4O3.C9H15NO.C5H3BrN2O2/c18-13-11-3-1-2-6-15(11)7-8-16(13)10-4-5-12(14-9-10)17(19)20;11-9-5-3-7-10-6-2-1-4-8(9)10;6-4-1-2-5(7-3-4)8(9)10/h4-5,9,11H,1-3,6-8H2;8H,1-7H2;1-3H. The van der Waals surface area contributed by atoms with Gasteiger partial charge in [-0.25, -0.2) is 0 Å². The van der Waals surface area contributed by atoms with Gasteiger partial charge in [0, 0.05) is 31.6 Å². The number of hydrogen-bond acceptors (Lipinski definition) is 10. The van der Waals surface area contributed by atoms with Gasteiger partial charge in [-0.3, -0.25) is 19.4 Å². The first-order valence-electron chi connectivity index (χ1n) is 13.9. The van der Waals surface area contributed by atoms with Crippen molar-refractivity contribution in [1.82, 2.24) is 19.8 Å². The van der Waals surface area contributed by atoms with Crippen molar-refractivity contribution in [1.29, 1.82) is 0 Å². The molecule has 6 heterocycles. The SMILES string of the molecule is O=C1C2CCCCN2CCN1c1ccc([N+](=O)[O-])nc1.O=C1CCCN2CCCCC12.O=[N+]([O-])c1ccc(Br)cn1. The van der Waals surface area contributed by atoms with Gasteiger partial charge in [-0.05, 0) is 99.6 Å². The highest BCUT2D eigenvalue weighted by molar-refractivity contribution is 9.10. The largest absolute Gasteiger partial charge is 0.363 e. The number of fused-ring (bicyclic) bond motifs is 2. The number of amides is 1. The number of carbonyl (C=O) groups is 2. The zero-order valence-corrected chi connectivity index (χ0v) is 24.4. The van der Waals surface area contributed by atoms with Crippen molar-refractivity contribution in [3.8, 4) is 0 Å². The Morgan fingerprint density at radius 1 is 0.732 bits per heavy atom. The fourth-order valence-electron chi connectivity index (χ4n) is 5.68. The predicted molar refractivity (Wildman–Crippen MR) is 155 cm³/mol. The molecule has 0 bridgehead atoms. The minimum atomic E-state index is -0.537. The van der Waals surface area contributed by atoms with Crippen LogP contribution in [0.3, 0.4) is 0 Å². The van der Waals surface area contributed by atoms with Gasteiger partial charge in [0.25, 0.3) is 0 Å². The molecule has 2 aromatic heterocycles. The number of nitro groups is 2. The molecule has 0 spiro atoms. The van der Waals surface area contributed by atoms with E-state index >= 15 is 0 Å². The van der Waals surface area contributed by atoms with Crippen LogP contribution in [0.2, 0.25) is 0 Å². The summed E-state index contributed by atoms with van der Waals surface area (Å²) >= 11 is 3.11. The van der Waals surface area contributed by atoms with Crippen LogP contribution in [0.15, 0.2) is 41.1 Å². The third kappa shape index (κ3) is 8.11. The van der Waals surface area contributed by atoms with Crippen molar-refractivity contribution in [2.45, 2.75) is 63.5 Å². The lowest BCUT2D eigenvalue weighted by Crippen LogP contribution is -2.58. The van der Waals surface area contributed by atoms with Crippen LogP contribution in [0.1, 0.15) is 51.4 Å². The van der Waals surface area contributed by atoms with Crippen LogP contribution in [-0.4, -0.2) is 86.1 Å². The second kappa shape index (κ2) is 14.5. The summed E-state index contributed by atoms with van der Waals surface area (Å²) in [5.74, 6) is 0.253. The number of piperidine rings is 3. The smallest absolute Gasteiger partial charge is 0.358 e. The molecular weight excluding hydrogens is 598 g/mol. The van der Waals surface area contributed by atoms with E-state index in [1.165, 1.54) is 37.4 Å². The molecule has 0 radical (unpaired) electrons. The van der Waals surface area contributed by atoms with Gasteiger partial charge in [0.15, 0.2) is 12.4 Å². The Morgan fingerprint density at radius 2 is 1.32 bits per heavy atom. The minimum absolute atomic E-state index is 0.0345. The van der Waals surface area contributed by atoms with Crippen molar-refractivity contribution in [3.05, 3.63) is 61.4 Å². The van der Waals surface area contributed by atoms with E-state index in [2.05, 4.69) is 35.7 Å². The van der Waals surface area contributed by atoms with Crippen molar-refractivity contribution in [2.24, 2.45) is 0 Å². The summed E-state index contributed by atoms with van der Waals surface area (Å²) in [6, 6.07) is 6.14. The maximum Gasteiger partial charge on any atom is 0.363 e. The van der Waals surface area contributed by atoms with E-state index < -0.39 is 9.85 Å². The number of aromatic nitrogens is 2. The molecule has 0 saturated carbocycles. The summed E-state index contributed by atoms with van der Waals surface area (Å²) in [5.41, 5.74) is 0.644. The number of anilines is 1. The Bertz CT molecular complexity index is 1230. The van der Waals surface area contributed by atoms with Gasteiger partial charge in [0.05, 0.1) is 22.2 Å². The molecule has 14 heteroatoms. The van der Waals surface area contributed by atoms with Crippen LogP contribution in [-0.2, 0) is 9.59 Å². The van der Waals surface area contributed by atoms with Crippen molar-refractivity contribution in [2.75, 3.05) is 37.6 Å². The molecule has 220 valence electrons. The van der Waals surface area contributed by atoms with Gasteiger partial charge in [-0.15, -0.1) is 0 Å². The zero-order valence-electron chi connectivity index (χ0n) is 22.8. The molecule has 4 fully saturated rings. The summed E-state index contributed by atoms with van der Waals surface area (Å²) in [7, 11) is 0. The predicted octanol–water partition coefficient (Wildman–Crippen LogP) is 4.15. The first kappa shape index (κ1) is 30.6. The molecule has 0 aromatic carbocycles. The van der Waals surface area contributed by atoms with E-state index in [1.54, 1.807) is 17.0 Å². The lowest BCUT2D eigenvalue weighted by atomic mass is 9.92. The van der Waals surface area contributed by atoms with E-state index in [9.17, 15) is 29.8 Å². The number of hydrogen-bond donors (Lipinski definition) is 0. The number of carbonyl (C=O) groups excluding carboxylic acids is 2. The van der Waals surface area contributed by atoms with Crippen LogP contribution in [0, 0.1) is 20.2 Å². The molecule has 2 aromatic rings. The highest BCUT2D eigenvalue weighted by Crippen LogP contribution is 2.26. The second-order valence-electron chi connectivity index (χ2n) is 10.4. The number of piperazine rings is 1. The molecule has 4 saturated heterocycles. The van der Waals surface area contributed by atoms with Crippen LogP contribution < -0.4 is 4.90 Å². The Balaban J connectivity index is 0.000000156. The molecule has 1 amide bonds. The highest BCUT2D eigenvalue weighted by atomic mass is 79.9. The molecule has 0 N–H and O–H groups in total. The normalized spacial score (nSPS) is 22.7. The van der Waals surface area contributed by atoms with Crippen LogP contribution in [0.5, 0.6) is 0 Å². The molecule has 2 atom stereocenters. The Labute approximate surface area is 246 Å². The van der Waals surface area contributed by atoms with Gasteiger partial charge in [0.2, 0.25) is 5.91 Å². The molecule has 2 unspecified atom stereocenters. The van der Waals surface area contributed by atoms with E-state index in [0.29, 0.717) is 24.1 Å². The van der Waals surface area contributed by atoms with Gasteiger partial charge < -0.3 is 25.1 Å². The number of Topliss-reactive ketones (excluding diaryl/α,β-unsaturated/α-hetero) is 1. The van der Waals surface area contributed by atoms with Gasteiger partial charge in [0.1, 0.15) is 5.78 Å². The van der Waals surface area contributed by atoms with Gasteiger partial charge >= 0.3 is 11.6 Å². The Morgan fingerprint density at radius 3 is 1.88 bits per heavy atom. The number of pyridine rings is 2. The first-order chi connectivity index (χ1) is 19.7. The van der Waals surface area contributed by atoms with E-state index in [4.69, 9.17) is 0 Å². The third-order valence-corrected chi connectivity index (χ3v) is 8.23. The Kier molecular flexibility index (Phi) is 10.8. The van der Waals surface area contributed by atoms with Crippen LogP contribution in [0.25, 0.3) is 0 Å². The third-order valence-electron chi connectivity index (χ3n) is 7.76. The van der Waals surface area contributed by atoms with Crippen molar-refractivity contribution in [3.63, 3.8) is 0 Å². The summed E-state index contributed by atoms with van der Waals surface area (Å²) in [6.07, 6.45) is 11.5. The number of halogens is 1. The average Bonchev–Trinajstić information content (AvgIpc) is 2.99. The van der Waals surface area contributed by atoms with Gasteiger partial charge in [-0.1, -0.05) is 12.8 Å². The van der Waals surface area contributed by atoms with Crippen molar-refractivity contribution < 1.29 is 19.4 Å². The summed E-state index contributed by atoms with van der Waals surface area (Å²) in [4.78, 5) is 57.1. The second-order valence-corrected chi connectivity index (χ2v) is 11.3. The number of nitrogens with zero attached hydrogens (tertiary/aromatic N) is 7. The number of rotatable bonds is 3.